The van der Waals surface area contributed by atoms with Crippen LogP contribution < -0.4 is 0 Å². The largest absolute Gasteiger partial charge is 0.478 e. The number of carboxylic acid groups (broad SMARTS) is 1. The van der Waals surface area contributed by atoms with Gasteiger partial charge in [0.15, 0.2) is 0 Å². The summed E-state index contributed by atoms with van der Waals surface area (Å²) in [6.45, 7) is 2.30. The van der Waals surface area contributed by atoms with Crippen LogP contribution in [0.2, 0.25) is 0 Å². The summed E-state index contributed by atoms with van der Waals surface area (Å²) >= 11 is 0. The topological polar surface area (TPSA) is 74.7 Å². The summed E-state index contributed by atoms with van der Waals surface area (Å²) < 4.78 is 26.2. The van der Waals surface area contributed by atoms with E-state index in [2.05, 4.69) is 0 Å². The minimum Gasteiger partial charge on any atom is -0.478 e. The number of rotatable bonds is 3. The van der Waals surface area contributed by atoms with E-state index in [4.69, 9.17) is 5.11 Å². The van der Waals surface area contributed by atoms with Crippen LogP contribution in [0.15, 0.2) is 29.2 Å². The van der Waals surface area contributed by atoms with Crippen molar-refractivity contribution in [2.45, 2.75) is 30.7 Å². The van der Waals surface area contributed by atoms with Gasteiger partial charge >= 0.3 is 5.97 Å². The van der Waals surface area contributed by atoms with Crippen LogP contribution in [0, 0.1) is 0 Å². The molecule has 18 heavy (non-hydrogen) atoms. The monoisotopic (exact) mass is 269 g/mol. The molecule has 1 heterocycles. The molecule has 1 unspecified atom stereocenters. The lowest BCUT2D eigenvalue weighted by molar-refractivity contribution is 0.0692. The van der Waals surface area contributed by atoms with E-state index in [0.717, 1.165) is 12.8 Å². The smallest absolute Gasteiger partial charge is 0.337 e. The fourth-order valence-electron chi connectivity index (χ4n) is 2.26. The van der Waals surface area contributed by atoms with Crippen LogP contribution >= 0.6 is 0 Å². The molecule has 0 spiro atoms. The number of aromatic carboxylic acids is 1. The van der Waals surface area contributed by atoms with Gasteiger partial charge in [-0.25, -0.2) is 13.2 Å². The van der Waals surface area contributed by atoms with Crippen LogP contribution in [-0.2, 0) is 10.0 Å². The number of hydrogen-bond acceptors (Lipinski definition) is 3. The molecule has 2 rings (SSSR count). The minimum atomic E-state index is -3.71. The summed E-state index contributed by atoms with van der Waals surface area (Å²) in [6, 6.07) is 5.66. The molecule has 6 heteroatoms. The second-order valence-electron chi connectivity index (χ2n) is 4.41. The van der Waals surface area contributed by atoms with E-state index in [1.807, 2.05) is 6.92 Å². The van der Waals surface area contributed by atoms with E-state index >= 15 is 0 Å². The maximum atomic E-state index is 12.4. The van der Waals surface area contributed by atoms with Gasteiger partial charge in [-0.2, -0.15) is 4.31 Å². The van der Waals surface area contributed by atoms with Crippen LogP contribution in [0.3, 0.4) is 0 Å². The molecular weight excluding hydrogens is 254 g/mol. The molecule has 0 saturated carbocycles. The van der Waals surface area contributed by atoms with E-state index in [0.29, 0.717) is 6.54 Å². The van der Waals surface area contributed by atoms with Gasteiger partial charge in [-0.15, -0.1) is 0 Å². The average Bonchev–Trinajstić information content (AvgIpc) is 2.76. The van der Waals surface area contributed by atoms with Crippen LogP contribution in [0.1, 0.15) is 30.1 Å². The van der Waals surface area contributed by atoms with E-state index in [1.165, 1.54) is 22.5 Å². The number of carbonyl (C=O) groups is 1. The maximum absolute atomic E-state index is 12.4. The molecule has 1 aromatic carbocycles. The third-order valence-corrected chi connectivity index (χ3v) is 5.27. The molecule has 0 amide bonds. The first-order valence-corrected chi connectivity index (χ1v) is 7.23. The van der Waals surface area contributed by atoms with Crippen LogP contribution in [-0.4, -0.2) is 36.4 Å². The molecule has 1 fully saturated rings. The Kier molecular flexibility index (Phi) is 3.41. The van der Waals surface area contributed by atoms with Gasteiger partial charge in [-0.3, -0.25) is 0 Å². The molecule has 98 valence electrons. The first kappa shape index (κ1) is 13.0. The molecule has 0 aliphatic carbocycles. The molecule has 1 N–H and O–H groups in total. The van der Waals surface area contributed by atoms with Crippen LogP contribution in [0.5, 0.6) is 0 Å². The maximum Gasteiger partial charge on any atom is 0.337 e. The molecule has 5 nitrogen and oxygen atoms in total. The van der Waals surface area contributed by atoms with Gasteiger partial charge in [0.2, 0.25) is 10.0 Å². The van der Waals surface area contributed by atoms with Crippen molar-refractivity contribution in [3.05, 3.63) is 29.8 Å². The highest BCUT2D eigenvalue weighted by atomic mass is 32.2. The fraction of sp³-hybridized carbons (Fsp3) is 0.417. The fourth-order valence-corrected chi connectivity index (χ4v) is 4.14. The van der Waals surface area contributed by atoms with Gasteiger partial charge < -0.3 is 5.11 Å². The van der Waals surface area contributed by atoms with E-state index in [9.17, 15) is 13.2 Å². The lowest BCUT2D eigenvalue weighted by atomic mass is 10.2. The molecule has 0 aromatic heterocycles. The van der Waals surface area contributed by atoms with Gasteiger partial charge in [0.25, 0.3) is 0 Å². The molecule has 0 bridgehead atoms. The lowest BCUT2D eigenvalue weighted by Gasteiger charge is -2.21. The van der Waals surface area contributed by atoms with Gasteiger partial charge in [-0.05, 0) is 31.9 Å². The molecule has 1 aliphatic heterocycles. The van der Waals surface area contributed by atoms with Crippen LogP contribution in [0.25, 0.3) is 0 Å². The van der Waals surface area contributed by atoms with Crippen molar-refractivity contribution in [3.63, 3.8) is 0 Å². The Morgan fingerprint density at radius 3 is 2.61 bits per heavy atom. The number of hydrogen-bond donors (Lipinski definition) is 1. The van der Waals surface area contributed by atoms with E-state index in [1.54, 1.807) is 6.07 Å². The third-order valence-electron chi connectivity index (χ3n) is 3.20. The predicted octanol–water partition coefficient (Wildman–Crippen LogP) is 1.56. The predicted molar refractivity (Wildman–Crippen MR) is 66.0 cm³/mol. The highest BCUT2D eigenvalue weighted by Gasteiger charge is 2.34. The second kappa shape index (κ2) is 4.70. The summed E-state index contributed by atoms with van der Waals surface area (Å²) in [5.74, 6) is -1.22. The SMILES string of the molecule is CC1CCCN1S(=O)(=O)c1ccccc1C(=O)O. The Bertz CT molecular complexity index is 567. The standard InChI is InChI=1S/C12H15NO4S/c1-9-5-4-8-13(9)18(16,17)11-7-3-2-6-10(11)12(14)15/h2-3,6-7,9H,4-5,8H2,1H3,(H,14,15). The summed E-state index contributed by atoms with van der Waals surface area (Å²) in [5.41, 5.74) is -0.170. The normalized spacial score (nSPS) is 21.1. The first-order chi connectivity index (χ1) is 8.44. The second-order valence-corrected chi connectivity index (χ2v) is 6.27. The van der Waals surface area contributed by atoms with E-state index in [-0.39, 0.29) is 16.5 Å². The summed E-state index contributed by atoms with van der Waals surface area (Å²) in [6.07, 6.45) is 1.63. The Labute approximate surface area is 106 Å². The van der Waals surface area contributed by atoms with Crippen molar-refractivity contribution in [2.24, 2.45) is 0 Å². The summed E-state index contributed by atoms with van der Waals surface area (Å²) in [7, 11) is -3.71. The van der Waals surface area contributed by atoms with Gasteiger partial charge in [0, 0.05) is 12.6 Å². The lowest BCUT2D eigenvalue weighted by Crippen LogP contribution is -2.34. The number of sulfonamides is 1. The number of benzene rings is 1. The van der Waals surface area contributed by atoms with E-state index < -0.39 is 16.0 Å². The molecule has 0 radical (unpaired) electrons. The van der Waals surface area contributed by atoms with Crippen molar-refractivity contribution in [1.82, 2.24) is 4.31 Å². The molecule has 1 atom stereocenters. The van der Waals surface area contributed by atoms with Crippen molar-refractivity contribution in [3.8, 4) is 0 Å². The summed E-state index contributed by atoms with van der Waals surface area (Å²) in [5, 5.41) is 9.05. The molecule has 1 aliphatic rings. The van der Waals surface area contributed by atoms with Gasteiger partial charge in [-0.1, -0.05) is 12.1 Å². The summed E-state index contributed by atoms with van der Waals surface area (Å²) in [4.78, 5) is 11.0. The minimum absolute atomic E-state index is 0.0724. The zero-order valence-electron chi connectivity index (χ0n) is 10.0. The number of nitrogens with zero attached hydrogens (tertiary/aromatic N) is 1. The Morgan fingerprint density at radius 1 is 1.39 bits per heavy atom. The molecule has 1 saturated heterocycles. The average molecular weight is 269 g/mol. The number of carboxylic acids is 1. The Hall–Kier alpha value is -1.40. The quantitative estimate of drug-likeness (QED) is 0.903. The Balaban J connectivity index is 2.51. The van der Waals surface area contributed by atoms with Crippen molar-refractivity contribution in [2.75, 3.05) is 6.54 Å². The van der Waals surface area contributed by atoms with Gasteiger partial charge in [0.05, 0.1) is 10.5 Å². The van der Waals surface area contributed by atoms with Crippen LogP contribution in [0.4, 0.5) is 0 Å². The molecule has 1 aromatic rings. The highest BCUT2D eigenvalue weighted by Crippen LogP contribution is 2.27. The zero-order chi connectivity index (χ0) is 13.3. The molecular formula is C12H15NO4S. The Morgan fingerprint density at radius 2 is 2.06 bits per heavy atom. The van der Waals surface area contributed by atoms with Crippen molar-refractivity contribution in [1.29, 1.82) is 0 Å². The van der Waals surface area contributed by atoms with Crippen molar-refractivity contribution >= 4 is 16.0 Å². The highest BCUT2D eigenvalue weighted by molar-refractivity contribution is 7.89. The van der Waals surface area contributed by atoms with Gasteiger partial charge in [0.1, 0.15) is 0 Å². The third kappa shape index (κ3) is 2.13. The van der Waals surface area contributed by atoms with Crippen molar-refractivity contribution < 1.29 is 18.3 Å². The zero-order valence-corrected chi connectivity index (χ0v) is 10.9. The first-order valence-electron chi connectivity index (χ1n) is 5.79.